The number of hydrogen-bond acceptors (Lipinski definition) is 3. The second kappa shape index (κ2) is 16.6. The number of fused-ring (bicyclic) bond motifs is 9. The zero-order valence-electron chi connectivity index (χ0n) is 31.9. The van der Waals surface area contributed by atoms with Crippen LogP contribution in [0.2, 0.25) is 0 Å². The summed E-state index contributed by atoms with van der Waals surface area (Å²) in [7, 11) is 0. The molecule has 1 N–H and O–H groups in total. The van der Waals surface area contributed by atoms with Crippen molar-refractivity contribution in [2.75, 3.05) is 0 Å². The minimum atomic E-state index is 0. The average Bonchev–Trinajstić information content (AvgIpc) is 4.10. The largest absolute Gasteiger partial charge is 0.355 e. The number of pyridine rings is 1. The molecule has 11 rings (SSSR count). The van der Waals surface area contributed by atoms with Crippen LogP contribution in [-0.2, 0) is 17.1 Å². The summed E-state index contributed by atoms with van der Waals surface area (Å²) in [6.45, 7) is 0. The number of nitrogens with one attached hydrogen (secondary N) is 1. The molecule has 0 saturated carbocycles. The van der Waals surface area contributed by atoms with E-state index in [2.05, 4.69) is 203 Å². The molecule has 0 amide bonds. The summed E-state index contributed by atoms with van der Waals surface area (Å²) < 4.78 is 2.41. The fourth-order valence-corrected chi connectivity index (χ4v) is 7.83. The maximum absolute atomic E-state index is 5.29. The SMILES string of the molecule is C1=Cc2cc3c(-c4ccccc4)c(-c4ccccc4)c(c(-c4ccccc4)c4nc(cc5ccc(cc1n2)[nH]5)C=C4)n3-c1ccccc1.[Cu].c1ccc2ncccc2c1. The third-order valence-electron chi connectivity index (χ3n) is 10.4. The first-order valence-electron chi connectivity index (χ1n) is 19.4. The van der Waals surface area contributed by atoms with Gasteiger partial charge in [-0.05, 0) is 95.6 Å². The molecule has 8 bridgehead atoms. The molecule has 0 unspecified atom stereocenters. The van der Waals surface area contributed by atoms with E-state index in [0.29, 0.717) is 0 Å². The Morgan fingerprint density at radius 1 is 0.424 bits per heavy atom. The van der Waals surface area contributed by atoms with Gasteiger partial charge in [0, 0.05) is 62.1 Å². The summed E-state index contributed by atoms with van der Waals surface area (Å²) in [5.41, 5.74) is 16.5. The number of aromatic amines is 1. The van der Waals surface area contributed by atoms with Crippen LogP contribution in [0, 0.1) is 0 Å². The van der Waals surface area contributed by atoms with Crippen LogP contribution < -0.4 is 0 Å². The van der Waals surface area contributed by atoms with Gasteiger partial charge in [-0.15, -0.1) is 0 Å². The molecule has 0 saturated heterocycles. The Labute approximate surface area is 353 Å². The predicted octanol–water partition coefficient (Wildman–Crippen LogP) is 13.4. The fourth-order valence-electron chi connectivity index (χ4n) is 7.83. The molecular formula is C53H37CuN5. The first-order chi connectivity index (χ1) is 28.7. The van der Waals surface area contributed by atoms with Crippen molar-refractivity contribution in [3.8, 4) is 39.1 Å². The van der Waals surface area contributed by atoms with Crippen LogP contribution in [0.5, 0.6) is 0 Å². The van der Waals surface area contributed by atoms with Gasteiger partial charge in [-0.2, -0.15) is 0 Å². The van der Waals surface area contributed by atoms with Crippen molar-refractivity contribution in [3.63, 3.8) is 0 Å². The minimum Gasteiger partial charge on any atom is -0.355 e. The maximum atomic E-state index is 5.29. The molecule has 0 atom stereocenters. The molecule has 9 aromatic rings. The quantitative estimate of drug-likeness (QED) is 0.180. The van der Waals surface area contributed by atoms with E-state index in [4.69, 9.17) is 9.97 Å². The second-order valence-electron chi connectivity index (χ2n) is 14.2. The first-order valence-corrected chi connectivity index (χ1v) is 19.4. The van der Waals surface area contributed by atoms with E-state index >= 15 is 0 Å². The van der Waals surface area contributed by atoms with E-state index in [1.165, 1.54) is 5.39 Å². The number of hydrogen-bond donors (Lipinski definition) is 1. The van der Waals surface area contributed by atoms with Crippen molar-refractivity contribution in [1.29, 1.82) is 0 Å². The van der Waals surface area contributed by atoms with Gasteiger partial charge in [-0.25, -0.2) is 9.97 Å². The van der Waals surface area contributed by atoms with E-state index in [-0.39, 0.29) is 17.1 Å². The molecule has 1 radical (unpaired) electrons. The minimum absolute atomic E-state index is 0. The monoisotopic (exact) mass is 806 g/mol. The van der Waals surface area contributed by atoms with Gasteiger partial charge < -0.3 is 9.55 Å². The van der Waals surface area contributed by atoms with Crippen molar-refractivity contribution in [1.82, 2.24) is 24.5 Å². The molecule has 5 aromatic carbocycles. The normalized spacial score (nSPS) is 11.5. The topological polar surface area (TPSA) is 59.4 Å². The van der Waals surface area contributed by atoms with E-state index in [1.54, 1.807) is 0 Å². The molecule has 5 nitrogen and oxygen atoms in total. The number of aromatic nitrogens is 5. The van der Waals surface area contributed by atoms with E-state index < -0.39 is 0 Å². The number of nitrogens with zero attached hydrogens (tertiary/aromatic N) is 4. The van der Waals surface area contributed by atoms with Crippen molar-refractivity contribution >= 4 is 57.3 Å². The maximum Gasteiger partial charge on any atom is 0.0737 e. The van der Waals surface area contributed by atoms with Gasteiger partial charge in [0.2, 0.25) is 0 Å². The molecule has 59 heavy (non-hydrogen) atoms. The Bertz CT molecular complexity index is 3080. The average molecular weight is 807 g/mol. The summed E-state index contributed by atoms with van der Waals surface area (Å²) in [5, 5.41) is 1.20. The second-order valence-corrected chi connectivity index (χ2v) is 14.2. The van der Waals surface area contributed by atoms with Crippen molar-refractivity contribution in [2.24, 2.45) is 0 Å². The number of para-hydroxylation sites is 2. The standard InChI is InChI=1S/C44H30N4.C9H7N.Cu/c1-5-13-30(14-6-1)41-39-26-25-36(47-39)28-35-22-21-33(45-35)27-34-23-24-37(46-34)29-40-42(31-15-7-2-8-16-31)43(32-17-9-3-10-18-32)44(41)48(40)38-19-11-4-12-20-38;1-2-6-9-8(4-1)5-3-7-10-9;/h1-29,45H;1-7H;. The summed E-state index contributed by atoms with van der Waals surface area (Å²) in [5.74, 6) is 0. The zero-order valence-corrected chi connectivity index (χ0v) is 32.8. The number of benzene rings is 5. The van der Waals surface area contributed by atoms with Crippen LogP contribution >= 0.6 is 0 Å². The van der Waals surface area contributed by atoms with Crippen LogP contribution in [0.1, 0.15) is 22.8 Å². The molecule has 2 aliphatic rings. The van der Waals surface area contributed by atoms with Crippen LogP contribution in [0.15, 0.2) is 194 Å². The fraction of sp³-hybridized carbons (Fsp3) is 0. The van der Waals surface area contributed by atoms with Gasteiger partial charge in [-0.1, -0.05) is 133 Å². The van der Waals surface area contributed by atoms with Crippen molar-refractivity contribution in [2.45, 2.75) is 0 Å². The van der Waals surface area contributed by atoms with E-state index in [1.807, 2.05) is 30.5 Å². The third-order valence-corrected chi connectivity index (χ3v) is 10.4. The number of H-pyrrole nitrogens is 1. The molecule has 285 valence electrons. The molecule has 0 fully saturated rings. The summed E-state index contributed by atoms with van der Waals surface area (Å²) >= 11 is 0. The third kappa shape index (κ3) is 7.59. The molecule has 0 aliphatic carbocycles. The molecule has 4 aromatic heterocycles. The van der Waals surface area contributed by atoms with Crippen molar-refractivity contribution in [3.05, 3.63) is 217 Å². The van der Waals surface area contributed by atoms with Gasteiger partial charge in [0.15, 0.2) is 0 Å². The first kappa shape index (κ1) is 37.2. The van der Waals surface area contributed by atoms with Gasteiger partial charge in [-0.3, -0.25) is 4.98 Å². The summed E-state index contributed by atoms with van der Waals surface area (Å²) in [6.07, 6.45) is 10.2. The Hall–Kier alpha value is -7.37. The Morgan fingerprint density at radius 2 is 0.932 bits per heavy atom. The number of rotatable bonds is 4. The van der Waals surface area contributed by atoms with Crippen LogP contribution in [-0.4, -0.2) is 24.5 Å². The summed E-state index contributed by atoms with van der Waals surface area (Å²) in [4.78, 5) is 18.1. The summed E-state index contributed by atoms with van der Waals surface area (Å²) in [6, 6.07) is 65.4. The predicted molar refractivity (Wildman–Crippen MR) is 242 cm³/mol. The Kier molecular flexibility index (Phi) is 10.5. The Morgan fingerprint density at radius 3 is 1.58 bits per heavy atom. The molecule has 6 heterocycles. The van der Waals surface area contributed by atoms with Crippen LogP contribution in [0.25, 0.3) is 96.3 Å². The van der Waals surface area contributed by atoms with Gasteiger partial charge in [0.25, 0.3) is 0 Å². The van der Waals surface area contributed by atoms with Crippen molar-refractivity contribution < 1.29 is 17.1 Å². The van der Waals surface area contributed by atoms with Crippen LogP contribution in [0.3, 0.4) is 0 Å². The Balaban J connectivity index is 0.000000356. The van der Waals surface area contributed by atoms with Gasteiger partial charge in [0.1, 0.15) is 0 Å². The van der Waals surface area contributed by atoms with Gasteiger partial charge >= 0.3 is 0 Å². The van der Waals surface area contributed by atoms with Gasteiger partial charge in [0.05, 0.1) is 39.3 Å². The molecule has 6 heteroatoms. The van der Waals surface area contributed by atoms with Crippen LogP contribution in [0.4, 0.5) is 0 Å². The zero-order chi connectivity index (χ0) is 38.7. The molecular weight excluding hydrogens is 770 g/mol. The van der Waals surface area contributed by atoms with E-state index in [9.17, 15) is 0 Å². The molecule has 2 aliphatic heterocycles. The molecule has 0 spiro atoms. The smallest absolute Gasteiger partial charge is 0.0737 e. The van der Waals surface area contributed by atoms with E-state index in [0.717, 1.165) is 89.4 Å².